The predicted molar refractivity (Wildman–Crippen MR) is 53.8 cm³/mol. The Labute approximate surface area is 91.7 Å². The second-order valence-electron chi connectivity index (χ2n) is 2.78. The van der Waals surface area contributed by atoms with E-state index in [-0.39, 0.29) is 17.2 Å². The van der Waals surface area contributed by atoms with E-state index in [9.17, 15) is 9.18 Å². The number of esters is 1. The predicted octanol–water partition coefficient (Wildman–Crippen LogP) is 2.36. The van der Waals surface area contributed by atoms with Crippen molar-refractivity contribution >= 4 is 17.6 Å². The van der Waals surface area contributed by atoms with E-state index in [1.165, 1.54) is 26.4 Å². The maximum absolute atomic E-state index is 13.4. The Morgan fingerprint density at radius 1 is 1.47 bits per heavy atom. The molecule has 15 heavy (non-hydrogen) atoms. The summed E-state index contributed by atoms with van der Waals surface area (Å²) < 4.78 is 22.7. The summed E-state index contributed by atoms with van der Waals surface area (Å²) in [6.07, 6.45) is 0. The van der Waals surface area contributed by atoms with Gasteiger partial charge in [0.1, 0.15) is 5.56 Å². The van der Waals surface area contributed by atoms with Gasteiger partial charge < -0.3 is 9.47 Å². The van der Waals surface area contributed by atoms with Crippen LogP contribution in [0.4, 0.5) is 4.39 Å². The highest BCUT2D eigenvalue weighted by Crippen LogP contribution is 2.25. The van der Waals surface area contributed by atoms with Gasteiger partial charge in [-0.15, -0.1) is 11.6 Å². The topological polar surface area (TPSA) is 35.5 Å². The minimum Gasteiger partial charge on any atom is -0.493 e. The first-order chi connectivity index (χ1) is 7.13. The summed E-state index contributed by atoms with van der Waals surface area (Å²) >= 11 is 5.55. The summed E-state index contributed by atoms with van der Waals surface area (Å²) in [5.74, 6) is -1.30. The average molecular weight is 233 g/mol. The number of hydrogen-bond donors (Lipinski definition) is 0. The summed E-state index contributed by atoms with van der Waals surface area (Å²) in [5.41, 5.74) is 0.533. The van der Waals surface area contributed by atoms with Crippen molar-refractivity contribution in [1.29, 1.82) is 0 Å². The number of ether oxygens (including phenoxy) is 2. The molecule has 0 spiro atoms. The number of carbonyl (C=O) groups excluding carboxylic acids is 1. The molecular formula is C10H10ClFO3. The fourth-order valence-electron chi connectivity index (χ4n) is 1.20. The maximum Gasteiger partial charge on any atom is 0.341 e. The first kappa shape index (κ1) is 11.8. The summed E-state index contributed by atoms with van der Waals surface area (Å²) in [4.78, 5) is 11.3. The molecule has 0 heterocycles. The van der Waals surface area contributed by atoms with Crippen molar-refractivity contribution in [3.8, 4) is 5.75 Å². The van der Waals surface area contributed by atoms with E-state index in [1.54, 1.807) is 0 Å². The van der Waals surface area contributed by atoms with Crippen LogP contribution in [0.25, 0.3) is 0 Å². The van der Waals surface area contributed by atoms with Crippen molar-refractivity contribution in [2.75, 3.05) is 14.2 Å². The molecule has 1 rings (SSSR count). The van der Waals surface area contributed by atoms with Gasteiger partial charge in [-0.3, -0.25) is 0 Å². The lowest BCUT2D eigenvalue weighted by Gasteiger charge is -2.09. The molecule has 0 N–H and O–H groups in total. The van der Waals surface area contributed by atoms with Crippen LogP contribution in [-0.4, -0.2) is 20.2 Å². The molecule has 0 atom stereocenters. The molecule has 82 valence electrons. The maximum atomic E-state index is 13.4. The number of carbonyl (C=O) groups is 1. The van der Waals surface area contributed by atoms with Gasteiger partial charge in [-0.05, 0) is 17.7 Å². The summed E-state index contributed by atoms with van der Waals surface area (Å²) in [7, 11) is 2.50. The average Bonchev–Trinajstić information content (AvgIpc) is 2.26. The third-order valence-electron chi connectivity index (χ3n) is 1.87. The van der Waals surface area contributed by atoms with Crippen LogP contribution < -0.4 is 4.74 Å². The van der Waals surface area contributed by atoms with Crippen LogP contribution in [0.1, 0.15) is 15.9 Å². The fraction of sp³-hybridized carbons (Fsp3) is 0.300. The number of benzene rings is 1. The molecule has 0 bridgehead atoms. The number of halogens is 2. The Balaban J connectivity index is 3.32. The molecule has 0 aromatic heterocycles. The van der Waals surface area contributed by atoms with Gasteiger partial charge in [0.2, 0.25) is 0 Å². The van der Waals surface area contributed by atoms with Crippen molar-refractivity contribution in [3.63, 3.8) is 0 Å². The zero-order valence-corrected chi connectivity index (χ0v) is 9.10. The molecule has 0 fully saturated rings. The second kappa shape index (κ2) is 4.98. The monoisotopic (exact) mass is 232 g/mol. The summed E-state index contributed by atoms with van der Waals surface area (Å²) in [5, 5.41) is 0. The molecule has 3 nitrogen and oxygen atoms in total. The zero-order chi connectivity index (χ0) is 11.4. The molecule has 0 saturated carbocycles. The van der Waals surface area contributed by atoms with Crippen LogP contribution in [0, 0.1) is 5.82 Å². The van der Waals surface area contributed by atoms with Crippen molar-refractivity contribution in [2.45, 2.75) is 5.88 Å². The van der Waals surface area contributed by atoms with Gasteiger partial charge >= 0.3 is 5.97 Å². The van der Waals surface area contributed by atoms with E-state index < -0.39 is 11.8 Å². The molecule has 0 aliphatic heterocycles. The molecule has 0 saturated heterocycles. The molecular weight excluding hydrogens is 223 g/mol. The van der Waals surface area contributed by atoms with Crippen LogP contribution in [-0.2, 0) is 10.6 Å². The van der Waals surface area contributed by atoms with Crippen molar-refractivity contribution < 1.29 is 18.7 Å². The molecule has 5 heteroatoms. The normalized spacial score (nSPS) is 9.87. The number of alkyl halides is 1. The van der Waals surface area contributed by atoms with E-state index in [4.69, 9.17) is 16.3 Å². The van der Waals surface area contributed by atoms with E-state index in [2.05, 4.69) is 4.74 Å². The fourth-order valence-corrected chi connectivity index (χ4v) is 1.35. The van der Waals surface area contributed by atoms with Crippen molar-refractivity contribution in [1.82, 2.24) is 0 Å². The standard InChI is InChI=1S/C10H10ClFO3/c1-14-9-7(10(13)15-2)3-6(5-11)4-8(9)12/h3-4H,5H2,1-2H3. The number of hydrogen-bond acceptors (Lipinski definition) is 3. The van der Waals surface area contributed by atoms with Gasteiger partial charge in [-0.25, -0.2) is 9.18 Å². The first-order valence-electron chi connectivity index (χ1n) is 4.14. The highest BCUT2D eigenvalue weighted by molar-refractivity contribution is 6.17. The minimum absolute atomic E-state index is 0.0376. The van der Waals surface area contributed by atoms with Gasteiger partial charge in [0, 0.05) is 5.88 Å². The Kier molecular flexibility index (Phi) is 3.91. The Bertz CT molecular complexity index is 379. The Hall–Kier alpha value is -1.29. The molecule has 0 amide bonds. The van der Waals surface area contributed by atoms with Crippen LogP contribution in [0.3, 0.4) is 0 Å². The van der Waals surface area contributed by atoms with Crippen LogP contribution >= 0.6 is 11.6 Å². The lowest BCUT2D eigenvalue weighted by atomic mass is 10.1. The van der Waals surface area contributed by atoms with Crippen LogP contribution in [0.15, 0.2) is 12.1 Å². The molecule has 0 aliphatic carbocycles. The number of rotatable bonds is 3. The molecule has 0 aliphatic rings. The van der Waals surface area contributed by atoms with Gasteiger partial charge in [-0.1, -0.05) is 0 Å². The van der Waals surface area contributed by atoms with E-state index in [1.807, 2.05) is 0 Å². The highest BCUT2D eigenvalue weighted by Gasteiger charge is 2.18. The quantitative estimate of drug-likeness (QED) is 0.593. The lowest BCUT2D eigenvalue weighted by Crippen LogP contribution is -2.06. The SMILES string of the molecule is COC(=O)c1cc(CCl)cc(F)c1OC. The first-order valence-corrected chi connectivity index (χ1v) is 4.68. The van der Waals surface area contributed by atoms with Gasteiger partial charge in [0.05, 0.1) is 14.2 Å². The third-order valence-corrected chi connectivity index (χ3v) is 2.18. The largest absolute Gasteiger partial charge is 0.493 e. The third kappa shape index (κ3) is 2.39. The number of methoxy groups -OCH3 is 2. The Morgan fingerprint density at radius 2 is 2.13 bits per heavy atom. The van der Waals surface area contributed by atoms with Crippen molar-refractivity contribution in [3.05, 3.63) is 29.1 Å². The molecule has 0 radical (unpaired) electrons. The van der Waals surface area contributed by atoms with E-state index in [0.29, 0.717) is 5.56 Å². The molecule has 0 unspecified atom stereocenters. The van der Waals surface area contributed by atoms with E-state index >= 15 is 0 Å². The highest BCUT2D eigenvalue weighted by atomic mass is 35.5. The van der Waals surface area contributed by atoms with Crippen LogP contribution in [0.5, 0.6) is 5.75 Å². The van der Waals surface area contributed by atoms with Gasteiger partial charge in [-0.2, -0.15) is 0 Å². The summed E-state index contributed by atoms with van der Waals surface area (Å²) in [6.45, 7) is 0. The van der Waals surface area contributed by atoms with Crippen LogP contribution in [0.2, 0.25) is 0 Å². The summed E-state index contributed by atoms with van der Waals surface area (Å²) in [6, 6.07) is 2.67. The Morgan fingerprint density at radius 3 is 2.60 bits per heavy atom. The molecule has 1 aromatic rings. The molecule has 1 aromatic carbocycles. The minimum atomic E-state index is -0.655. The smallest absolute Gasteiger partial charge is 0.341 e. The van der Waals surface area contributed by atoms with E-state index in [0.717, 1.165) is 0 Å². The van der Waals surface area contributed by atoms with Gasteiger partial charge in [0.25, 0.3) is 0 Å². The van der Waals surface area contributed by atoms with Gasteiger partial charge in [0.15, 0.2) is 11.6 Å². The second-order valence-corrected chi connectivity index (χ2v) is 3.05. The lowest BCUT2D eigenvalue weighted by molar-refractivity contribution is 0.0596. The zero-order valence-electron chi connectivity index (χ0n) is 8.34. The van der Waals surface area contributed by atoms with Crippen molar-refractivity contribution in [2.24, 2.45) is 0 Å².